The first kappa shape index (κ1) is 13.6. The van der Waals surface area contributed by atoms with Crippen LogP contribution < -0.4 is 10.0 Å². The van der Waals surface area contributed by atoms with Crippen LogP contribution in [0.15, 0.2) is 41.6 Å². The first-order valence-corrected chi connectivity index (χ1v) is 7.25. The van der Waals surface area contributed by atoms with Crippen LogP contribution >= 0.6 is 0 Å². The molecule has 0 saturated heterocycles. The Balaban J connectivity index is 2.11. The first-order chi connectivity index (χ1) is 9.03. The molecule has 102 valence electrons. The number of sulfonamides is 1. The van der Waals surface area contributed by atoms with Gasteiger partial charge in [-0.1, -0.05) is 0 Å². The molecule has 0 radical (unpaired) electrons. The maximum atomic E-state index is 12.1. The molecule has 0 amide bonds. The van der Waals surface area contributed by atoms with Gasteiger partial charge in [-0.2, -0.15) is 0 Å². The minimum Gasteiger partial charge on any atom is -0.388 e. The first-order valence-electron chi connectivity index (χ1n) is 5.76. The van der Waals surface area contributed by atoms with Gasteiger partial charge in [0.05, 0.1) is 11.4 Å². The third-order valence-electron chi connectivity index (χ3n) is 2.79. The number of rotatable bonds is 5. The van der Waals surface area contributed by atoms with E-state index in [1.807, 2.05) is 7.05 Å². The molecular weight excluding hydrogens is 264 g/mol. The van der Waals surface area contributed by atoms with Gasteiger partial charge in [-0.3, -0.25) is 0 Å². The molecular formula is C12H16N4O2S. The lowest BCUT2D eigenvalue weighted by molar-refractivity contribution is 0.577. The molecule has 2 aromatic rings. The fourth-order valence-corrected chi connectivity index (χ4v) is 2.59. The number of aromatic nitrogens is 2. The summed E-state index contributed by atoms with van der Waals surface area (Å²) >= 11 is 0. The second-order valence-corrected chi connectivity index (χ2v) is 5.82. The molecule has 2 N–H and O–H groups in total. The average Bonchev–Trinajstić information content (AvgIpc) is 2.82. The van der Waals surface area contributed by atoms with Gasteiger partial charge in [-0.25, -0.2) is 18.1 Å². The number of anilines is 1. The van der Waals surface area contributed by atoms with Crippen molar-refractivity contribution in [1.82, 2.24) is 14.3 Å². The van der Waals surface area contributed by atoms with E-state index >= 15 is 0 Å². The van der Waals surface area contributed by atoms with Crippen molar-refractivity contribution in [3.05, 3.63) is 42.5 Å². The Hall–Kier alpha value is -1.86. The standard InChI is InChI=1S/C12H16N4O2S/c1-13-10-3-5-11(6-4-10)19(17,18)15-9-12-14-7-8-16(12)2/h3-8,13,15H,9H2,1-2H3. The van der Waals surface area contributed by atoms with Gasteiger partial charge < -0.3 is 9.88 Å². The monoisotopic (exact) mass is 280 g/mol. The molecule has 1 aromatic heterocycles. The van der Waals surface area contributed by atoms with Gasteiger partial charge in [0.25, 0.3) is 0 Å². The summed E-state index contributed by atoms with van der Waals surface area (Å²) in [4.78, 5) is 4.30. The van der Waals surface area contributed by atoms with E-state index in [2.05, 4.69) is 15.0 Å². The van der Waals surface area contributed by atoms with Crippen molar-refractivity contribution < 1.29 is 8.42 Å². The van der Waals surface area contributed by atoms with Gasteiger partial charge in [0.15, 0.2) is 0 Å². The van der Waals surface area contributed by atoms with Gasteiger partial charge in [-0.15, -0.1) is 0 Å². The van der Waals surface area contributed by atoms with Crippen molar-refractivity contribution >= 4 is 15.7 Å². The van der Waals surface area contributed by atoms with Crippen LogP contribution in [0.4, 0.5) is 5.69 Å². The van der Waals surface area contributed by atoms with Gasteiger partial charge in [0.2, 0.25) is 10.0 Å². The van der Waals surface area contributed by atoms with Crippen molar-refractivity contribution in [1.29, 1.82) is 0 Å². The number of imidazole rings is 1. The molecule has 1 heterocycles. The molecule has 2 rings (SSSR count). The molecule has 0 fully saturated rings. The lowest BCUT2D eigenvalue weighted by Gasteiger charge is -2.07. The van der Waals surface area contributed by atoms with Crippen LogP contribution in [-0.4, -0.2) is 25.0 Å². The van der Waals surface area contributed by atoms with Crippen molar-refractivity contribution in [2.45, 2.75) is 11.4 Å². The largest absolute Gasteiger partial charge is 0.388 e. The van der Waals surface area contributed by atoms with Crippen LogP contribution in [0, 0.1) is 0 Å². The van der Waals surface area contributed by atoms with Crippen LogP contribution in [0.25, 0.3) is 0 Å². The van der Waals surface area contributed by atoms with Crippen LogP contribution in [0.3, 0.4) is 0 Å². The molecule has 1 aromatic carbocycles. The highest BCUT2D eigenvalue weighted by molar-refractivity contribution is 7.89. The fourth-order valence-electron chi connectivity index (χ4n) is 1.61. The van der Waals surface area contributed by atoms with Crippen LogP contribution in [0.5, 0.6) is 0 Å². The van der Waals surface area contributed by atoms with Crippen LogP contribution in [0.1, 0.15) is 5.82 Å². The predicted octanol–water partition coefficient (Wildman–Crippen LogP) is 0.940. The highest BCUT2D eigenvalue weighted by Gasteiger charge is 2.14. The highest BCUT2D eigenvalue weighted by atomic mass is 32.2. The quantitative estimate of drug-likeness (QED) is 0.854. The average molecular weight is 280 g/mol. The molecule has 0 aliphatic rings. The molecule has 19 heavy (non-hydrogen) atoms. The number of hydrogen-bond donors (Lipinski definition) is 2. The number of nitrogens with one attached hydrogen (secondary N) is 2. The molecule has 0 bridgehead atoms. The summed E-state index contributed by atoms with van der Waals surface area (Å²) in [5.74, 6) is 0.662. The lowest BCUT2D eigenvalue weighted by Crippen LogP contribution is -2.24. The topological polar surface area (TPSA) is 76.0 Å². The number of aryl methyl sites for hydroxylation is 1. The number of benzene rings is 1. The predicted molar refractivity (Wildman–Crippen MR) is 73.2 cm³/mol. The summed E-state index contributed by atoms with van der Waals surface area (Å²) in [6.07, 6.45) is 3.40. The van der Waals surface area contributed by atoms with Gasteiger partial charge in [0.1, 0.15) is 5.82 Å². The fraction of sp³-hybridized carbons (Fsp3) is 0.250. The van der Waals surface area contributed by atoms with Crippen LogP contribution in [0.2, 0.25) is 0 Å². The second kappa shape index (κ2) is 5.41. The molecule has 0 unspecified atom stereocenters. The zero-order valence-electron chi connectivity index (χ0n) is 10.8. The van der Waals surface area contributed by atoms with Gasteiger partial charge in [0, 0.05) is 32.2 Å². The Bertz CT molecular complexity index is 647. The van der Waals surface area contributed by atoms with E-state index in [1.165, 1.54) is 0 Å². The zero-order valence-corrected chi connectivity index (χ0v) is 11.6. The Morgan fingerprint density at radius 3 is 2.47 bits per heavy atom. The summed E-state index contributed by atoms with van der Waals surface area (Å²) in [5, 5.41) is 2.94. The molecule has 7 heteroatoms. The number of hydrogen-bond acceptors (Lipinski definition) is 4. The minimum atomic E-state index is -3.51. The van der Waals surface area contributed by atoms with E-state index in [-0.39, 0.29) is 11.4 Å². The zero-order chi connectivity index (χ0) is 13.9. The Kier molecular flexibility index (Phi) is 3.87. The van der Waals surface area contributed by atoms with Crippen molar-refractivity contribution in [3.8, 4) is 0 Å². The third-order valence-corrected chi connectivity index (χ3v) is 4.21. The minimum absolute atomic E-state index is 0.166. The second-order valence-electron chi connectivity index (χ2n) is 4.05. The van der Waals surface area contributed by atoms with Crippen molar-refractivity contribution in [2.75, 3.05) is 12.4 Å². The Morgan fingerprint density at radius 2 is 1.95 bits per heavy atom. The van der Waals surface area contributed by atoms with Crippen molar-refractivity contribution in [3.63, 3.8) is 0 Å². The van der Waals surface area contributed by atoms with E-state index in [9.17, 15) is 8.42 Å². The van der Waals surface area contributed by atoms with Crippen molar-refractivity contribution in [2.24, 2.45) is 7.05 Å². The van der Waals surface area contributed by atoms with E-state index in [4.69, 9.17) is 0 Å². The Labute approximate surface area is 112 Å². The smallest absolute Gasteiger partial charge is 0.240 e. The molecule has 0 aliphatic carbocycles. The molecule has 0 saturated carbocycles. The van der Waals surface area contributed by atoms with E-state index < -0.39 is 10.0 Å². The van der Waals surface area contributed by atoms with E-state index in [0.717, 1.165) is 5.69 Å². The molecule has 0 atom stereocenters. The van der Waals surface area contributed by atoms with Gasteiger partial charge >= 0.3 is 0 Å². The third kappa shape index (κ3) is 3.12. The summed E-state index contributed by atoms with van der Waals surface area (Å²) in [5.41, 5.74) is 0.864. The lowest BCUT2D eigenvalue weighted by atomic mass is 10.3. The number of nitrogens with zero attached hydrogens (tertiary/aromatic N) is 2. The molecule has 0 spiro atoms. The van der Waals surface area contributed by atoms with Crippen LogP contribution in [-0.2, 0) is 23.6 Å². The summed E-state index contributed by atoms with van der Waals surface area (Å²) in [6.45, 7) is 0.166. The SMILES string of the molecule is CNc1ccc(S(=O)(=O)NCc2nccn2C)cc1. The van der Waals surface area contributed by atoms with E-state index in [1.54, 1.807) is 48.3 Å². The Morgan fingerprint density at radius 1 is 1.26 bits per heavy atom. The van der Waals surface area contributed by atoms with Gasteiger partial charge in [-0.05, 0) is 24.3 Å². The summed E-state index contributed by atoms with van der Waals surface area (Å²) < 4.78 is 28.4. The maximum absolute atomic E-state index is 12.1. The molecule has 0 aliphatic heterocycles. The van der Waals surface area contributed by atoms with E-state index in [0.29, 0.717) is 5.82 Å². The maximum Gasteiger partial charge on any atom is 0.240 e. The summed E-state index contributed by atoms with van der Waals surface area (Å²) in [7, 11) is 0.0892. The highest BCUT2D eigenvalue weighted by Crippen LogP contribution is 2.13. The summed E-state index contributed by atoms with van der Waals surface area (Å²) in [6, 6.07) is 6.56. The normalized spacial score (nSPS) is 11.5. The molecule has 6 nitrogen and oxygen atoms in total.